The number of rotatable bonds is 7. The minimum absolute atomic E-state index is 0.140. The van der Waals surface area contributed by atoms with Crippen LogP contribution in [0.15, 0.2) is 53.5 Å². The summed E-state index contributed by atoms with van der Waals surface area (Å²) in [6.07, 6.45) is 1.10. The predicted molar refractivity (Wildman–Crippen MR) is 112 cm³/mol. The number of hydrogen-bond acceptors (Lipinski definition) is 2. The second kappa shape index (κ2) is 9.76. The zero-order valence-corrected chi connectivity index (χ0v) is 16.6. The third-order valence-electron chi connectivity index (χ3n) is 4.40. The number of aliphatic imine (C=N–C) groups is 1. The molecule has 2 aromatic rings. The maximum absolute atomic E-state index is 11.1. The summed E-state index contributed by atoms with van der Waals surface area (Å²) in [4.78, 5) is 15.4. The fraction of sp³-hybridized carbons (Fsp3) is 0.364. The number of benzene rings is 2. The van der Waals surface area contributed by atoms with Gasteiger partial charge in [0.25, 0.3) is 0 Å². The summed E-state index contributed by atoms with van der Waals surface area (Å²) >= 11 is 0. The van der Waals surface area contributed by atoms with Crippen molar-refractivity contribution in [3.8, 4) is 0 Å². The number of primary amides is 1. The first-order valence-corrected chi connectivity index (χ1v) is 9.33. The van der Waals surface area contributed by atoms with E-state index in [1.165, 1.54) is 11.1 Å². The number of carbonyl (C=O) groups excluding carboxylic acids is 1. The van der Waals surface area contributed by atoms with Crippen LogP contribution in [0.3, 0.4) is 0 Å². The van der Waals surface area contributed by atoms with E-state index in [4.69, 9.17) is 5.73 Å². The van der Waals surface area contributed by atoms with Gasteiger partial charge in [-0.15, -0.1) is 0 Å². The van der Waals surface area contributed by atoms with Gasteiger partial charge in [-0.2, -0.15) is 0 Å². The highest BCUT2D eigenvalue weighted by molar-refractivity contribution is 5.92. The molecule has 5 heteroatoms. The molecule has 2 rings (SSSR count). The van der Waals surface area contributed by atoms with Gasteiger partial charge in [-0.3, -0.25) is 9.79 Å². The second-order valence-corrected chi connectivity index (χ2v) is 7.19. The Morgan fingerprint density at radius 3 is 2.11 bits per heavy atom. The average Bonchev–Trinajstić information content (AvgIpc) is 2.65. The normalized spacial score (nSPS) is 12.7. The maximum Gasteiger partial charge on any atom is 0.248 e. The van der Waals surface area contributed by atoms with Gasteiger partial charge < -0.3 is 16.4 Å². The molecule has 0 saturated carbocycles. The fourth-order valence-electron chi connectivity index (χ4n) is 2.87. The Kier molecular flexibility index (Phi) is 7.41. The monoisotopic (exact) mass is 366 g/mol. The molecule has 0 aliphatic rings. The quantitative estimate of drug-likeness (QED) is 0.519. The van der Waals surface area contributed by atoms with Crippen LogP contribution in [-0.2, 0) is 13.0 Å². The number of carbonyl (C=O) groups is 1. The zero-order valence-electron chi connectivity index (χ0n) is 16.6. The molecular formula is C22H30N4O. The van der Waals surface area contributed by atoms with Gasteiger partial charge in [-0.1, -0.05) is 50.2 Å². The third-order valence-corrected chi connectivity index (χ3v) is 4.40. The number of amides is 1. The smallest absolute Gasteiger partial charge is 0.248 e. The maximum atomic E-state index is 11.1. The second-order valence-electron chi connectivity index (χ2n) is 7.19. The van der Waals surface area contributed by atoms with Crippen molar-refractivity contribution >= 4 is 11.9 Å². The first-order chi connectivity index (χ1) is 12.9. The van der Waals surface area contributed by atoms with E-state index < -0.39 is 5.91 Å². The highest BCUT2D eigenvalue weighted by Crippen LogP contribution is 2.15. The van der Waals surface area contributed by atoms with Crippen molar-refractivity contribution in [1.29, 1.82) is 0 Å². The average molecular weight is 367 g/mol. The standard InChI is InChI=1S/C22H30N4O/c1-15(2)13-17-5-9-19(10-6-17)16(3)26-22(24-4)25-14-18-7-11-20(12-8-18)21(23)27/h5-12,15-16H,13-14H2,1-4H3,(H2,23,27)(H2,24,25,26). The highest BCUT2D eigenvalue weighted by Gasteiger charge is 2.08. The van der Waals surface area contributed by atoms with Gasteiger partial charge in [0.15, 0.2) is 5.96 Å². The van der Waals surface area contributed by atoms with Crippen LogP contribution in [0, 0.1) is 5.92 Å². The van der Waals surface area contributed by atoms with E-state index in [9.17, 15) is 4.79 Å². The van der Waals surface area contributed by atoms with Crippen LogP contribution in [0.5, 0.6) is 0 Å². The Labute approximate surface area is 162 Å². The van der Waals surface area contributed by atoms with E-state index in [2.05, 4.69) is 60.7 Å². The lowest BCUT2D eigenvalue weighted by Gasteiger charge is -2.19. The molecule has 2 aromatic carbocycles. The molecule has 0 aliphatic heterocycles. The lowest BCUT2D eigenvalue weighted by Crippen LogP contribution is -2.38. The Morgan fingerprint density at radius 1 is 1.00 bits per heavy atom. The number of nitrogens with zero attached hydrogens (tertiary/aromatic N) is 1. The van der Waals surface area contributed by atoms with Gasteiger partial charge in [0.2, 0.25) is 5.91 Å². The Hall–Kier alpha value is -2.82. The first-order valence-electron chi connectivity index (χ1n) is 9.33. The molecular weight excluding hydrogens is 336 g/mol. The van der Waals surface area contributed by atoms with E-state index in [0.29, 0.717) is 18.0 Å². The van der Waals surface area contributed by atoms with Crippen molar-refractivity contribution in [2.24, 2.45) is 16.6 Å². The van der Waals surface area contributed by atoms with Gasteiger partial charge in [0.05, 0.1) is 6.04 Å². The molecule has 1 amide bonds. The molecule has 0 bridgehead atoms. The van der Waals surface area contributed by atoms with Crippen LogP contribution in [-0.4, -0.2) is 18.9 Å². The van der Waals surface area contributed by atoms with Crippen LogP contribution >= 0.6 is 0 Å². The van der Waals surface area contributed by atoms with Crippen LogP contribution in [0.25, 0.3) is 0 Å². The molecule has 0 aliphatic carbocycles. The summed E-state index contributed by atoms with van der Waals surface area (Å²) in [6, 6.07) is 16.1. The van der Waals surface area contributed by atoms with Crippen LogP contribution in [0.1, 0.15) is 53.9 Å². The first kappa shape index (κ1) is 20.5. The van der Waals surface area contributed by atoms with Crippen LogP contribution < -0.4 is 16.4 Å². The van der Waals surface area contributed by atoms with E-state index in [1.54, 1.807) is 19.2 Å². The van der Waals surface area contributed by atoms with E-state index >= 15 is 0 Å². The summed E-state index contributed by atoms with van der Waals surface area (Å²) < 4.78 is 0. The summed E-state index contributed by atoms with van der Waals surface area (Å²) in [5.74, 6) is 0.972. The van der Waals surface area contributed by atoms with Gasteiger partial charge in [-0.25, -0.2) is 0 Å². The van der Waals surface area contributed by atoms with Gasteiger partial charge >= 0.3 is 0 Å². The molecule has 144 valence electrons. The van der Waals surface area contributed by atoms with Gasteiger partial charge in [0, 0.05) is 19.2 Å². The van der Waals surface area contributed by atoms with Crippen LogP contribution in [0.4, 0.5) is 0 Å². The summed E-state index contributed by atoms with van der Waals surface area (Å²) in [7, 11) is 1.75. The molecule has 1 unspecified atom stereocenters. The molecule has 27 heavy (non-hydrogen) atoms. The van der Waals surface area contributed by atoms with Crippen molar-refractivity contribution in [3.63, 3.8) is 0 Å². The summed E-state index contributed by atoms with van der Waals surface area (Å²) in [6.45, 7) is 7.19. The number of nitrogens with two attached hydrogens (primary N) is 1. The lowest BCUT2D eigenvalue weighted by molar-refractivity contribution is 0.100. The number of hydrogen-bond donors (Lipinski definition) is 3. The SMILES string of the molecule is CN=C(NCc1ccc(C(N)=O)cc1)NC(C)c1ccc(CC(C)C)cc1. The number of nitrogens with one attached hydrogen (secondary N) is 2. The molecule has 5 nitrogen and oxygen atoms in total. The molecule has 4 N–H and O–H groups in total. The largest absolute Gasteiger partial charge is 0.366 e. The van der Waals surface area contributed by atoms with E-state index in [0.717, 1.165) is 17.9 Å². The van der Waals surface area contributed by atoms with Gasteiger partial charge in [-0.05, 0) is 48.1 Å². The number of guanidine groups is 1. The Bertz CT molecular complexity index is 764. The van der Waals surface area contributed by atoms with Crippen molar-refractivity contribution in [3.05, 3.63) is 70.8 Å². The van der Waals surface area contributed by atoms with Crippen molar-refractivity contribution in [2.75, 3.05) is 7.05 Å². The minimum atomic E-state index is -0.416. The molecule has 0 heterocycles. The fourth-order valence-corrected chi connectivity index (χ4v) is 2.87. The van der Waals surface area contributed by atoms with Crippen molar-refractivity contribution < 1.29 is 4.79 Å². The Balaban J connectivity index is 1.91. The summed E-state index contributed by atoms with van der Waals surface area (Å²) in [5, 5.41) is 6.70. The topological polar surface area (TPSA) is 79.5 Å². The Morgan fingerprint density at radius 2 is 1.59 bits per heavy atom. The molecule has 0 saturated heterocycles. The van der Waals surface area contributed by atoms with Crippen molar-refractivity contribution in [1.82, 2.24) is 10.6 Å². The molecule has 0 spiro atoms. The molecule has 1 atom stereocenters. The summed E-state index contributed by atoms with van der Waals surface area (Å²) in [5.41, 5.74) is 9.41. The third kappa shape index (κ3) is 6.44. The minimum Gasteiger partial charge on any atom is -0.366 e. The van der Waals surface area contributed by atoms with E-state index in [1.807, 2.05) is 12.1 Å². The van der Waals surface area contributed by atoms with E-state index in [-0.39, 0.29) is 6.04 Å². The highest BCUT2D eigenvalue weighted by atomic mass is 16.1. The lowest BCUT2D eigenvalue weighted by atomic mass is 10.00. The molecule has 0 radical (unpaired) electrons. The molecule has 0 aromatic heterocycles. The van der Waals surface area contributed by atoms with Gasteiger partial charge in [0.1, 0.15) is 0 Å². The predicted octanol–water partition coefficient (Wildman–Crippen LogP) is 3.41. The zero-order chi connectivity index (χ0) is 19.8. The van der Waals surface area contributed by atoms with Crippen LogP contribution in [0.2, 0.25) is 0 Å². The van der Waals surface area contributed by atoms with Crippen molar-refractivity contribution in [2.45, 2.75) is 39.8 Å². The molecule has 0 fully saturated rings.